The molecule has 0 saturated carbocycles. The molecule has 0 spiro atoms. The number of rotatable bonds is 4. The third kappa shape index (κ3) is 3.58. The molecular weight excluding hydrogens is 500 g/mol. The molecule has 38 heavy (non-hydrogen) atoms. The molecule has 2 aromatic carbocycles. The van der Waals surface area contributed by atoms with Crippen LogP contribution in [0.1, 0.15) is 34.1 Å². The number of benzene rings is 2. The van der Waals surface area contributed by atoms with Crippen molar-refractivity contribution in [3.63, 3.8) is 0 Å². The van der Waals surface area contributed by atoms with Crippen LogP contribution in [-0.4, -0.2) is 38.3 Å². The first-order valence-electron chi connectivity index (χ1n) is 12.0. The number of carbonyl (C=O) groups excluding carboxylic acids is 2. The van der Waals surface area contributed by atoms with Crippen molar-refractivity contribution in [3.8, 4) is 5.75 Å². The highest BCUT2D eigenvalue weighted by molar-refractivity contribution is 7.22. The van der Waals surface area contributed by atoms with Gasteiger partial charge in [-0.15, -0.1) is 0 Å². The number of aromatic nitrogens is 3. The Morgan fingerprint density at radius 2 is 1.84 bits per heavy atom. The Kier molecular flexibility index (Phi) is 5.53. The van der Waals surface area contributed by atoms with Gasteiger partial charge in [-0.3, -0.25) is 14.5 Å². The van der Waals surface area contributed by atoms with E-state index in [1.54, 1.807) is 31.4 Å². The van der Waals surface area contributed by atoms with E-state index in [-0.39, 0.29) is 17.0 Å². The number of nitrogens with zero attached hydrogens (tertiary/aromatic N) is 4. The van der Waals surface area contributed by atoms with E-state index in [1.807, 2.05) is 61.7 Å². The third-order valence-corrected chi connectivity index (χ3v) is 7.92. The minimum absolute atomic E-state index is 0.0390. The van der Waals surface area contributed by atoms with Gasteiger partial charge in [0, 0.05) is 6.20 Å². The van der Waals surface area contributed by atoms with E-state index >= 15 is 0 Å². The minimum atomic E-state index is -0.919. The van der Waals surface area contributed by atoms with Crippen molar-refractivity contribution < 1.29 is 19.4 Å². The number of aliphatic hydroxyl groups excluding tert-OH is 1. The van der Waals surface area contributed by atoms with Gasteiger partial charge in [-0.1, -0.05) is 35.6 Å². The molecule has 0 aliphatic carbocycles. The average Bonchev–Trinajstić information content (AvgIpc) is 3.56. The predicted molar refractivity (Wildman–Crippen MR) is 147 cm³/mol. The molecule has 1 aliphatic heterocycles. The number of methoxy groups -OCH3 is 1. The van der Waals surface area contributed by atoms with Crippen LogP contribution in [0.3, 0.4) is 0 Å². The Labute approximate surface area is 222 Å². The van der Waals surface area contributed by atoms with E-state index in [2.05, 4.69) is 9.97 Å². The van der Waals surface area contributed by atoms with Crippen molar-refractivity contribution in [1.29, 1.82) is 0 Å². The molecule has 1 saturated heterocycles. The monoisotopic (exact) mass is 524 g/mol. The van der Waals surface area contributed by atoms with Gasteiger partial charge in [0.05, 0.1) is 34.6 Å². The molecule has 190 valence electrons. The zero-order valence-corrected chi connectivity index (χ0v) is 22.0. The van der Waals surface area contributed by atoms with E-state index in [1.165, 1.54) is 16.2 Å². The van der Waals surface area contributed by atoms with Crippen LogP contribution in [0.25, 0.3) is 21.6 Å². The van der Waals surface area contributed by atoms with Crippen LogP contribution < -0.4 is 9.64 Å². The van der Waals surface area contributed by atoms with Gasteiger partial charge in [-0.25, -0.2) is 9.97 Å². The maximum Gasteiger partial charge on any atom is 0.301 e. The number of ketones is 1. The number of aliphatic hydroxyl groups is 1. The largest absolute Gasteiger partial charge is 0.505 e. The van der Waals surface area contributed by atoms with E-state index < -0.39 is 17.7 Å². The fourth-order valence-corrected chi connectivity index (χ4v) is 6.04. The van der Waals surface area contributed by atoms with Crippen LogP contribution in [0.15, 0.2) is 66.4 Å². The lowest BCUT2D eigenvalue weighted by atomic mass is 9.96. The summed E-state index contributed by atoms with van der Waals surface area (Å²) in [6, 6.07) is 15.9. The number of imidazole rings is 1. The summed E-state index contributed by atoms with van der Waals surface area (Å²) < 4.78 is 8.19. The van der Waals surface area contributed by atoms with E-state index in [4.69, 9.17) is 4.74 Å². The summed E-state index contributed by atoms with van der Waals surface area (Å²) in [5, 5.41) is 12.0. The van der Waals surface area contributed by atoms with Gasteiger partial charge < -0.3 is 14.2 Å². The molecule has 1 fully saturated rings. The molecule has 5 aromatic rings. The fourth-order valence-electron chi connectivity index (χ4n) is 4.95. The number of fused-ring (bicyclic) bond motifs is 2. The van der Waals surface area contributed by atoms with Gasteiger partial charge in [0.1, 0.15) is 17.1 Å². The summed E-state index contributed by atoms with van der Waals surface area (Å²) in [6.45, 7) is 5.73. The second kappa shape index (κ2) is 8.81. The molecule has 1 N–H and O–H groups in total. The molecule has 3 aromatic heterocycles. The summed E-state index contributed by atoms with van der Waals surface area (Å²) >= 11 is 1.33. The number of carbonyl (C=O) groups is 2. The highest BCUT2D eigenvalue weighted by atomic mass is 32.1. The number of ether oxygens (including phenoxy) is 1. The van der Waals surface area contributed by atoms with Crippen LogP contribution in [-0.2, 0) is 9.59 Å². The number of Topliss-reactive ketones (excluding diaryl/α,β-unsaturated/α-hetero) is 1. The summed E-state index contributed by atoms with van der Waals surface area (Å²) in [5.41, 5.74) is 4.87. The summed E-state index contributed by atoms with van der Waals surface area (Å²) in [4.78, 5) is 37.9. The van der Waals surface area contributed by atoms with Crippen molar-refractivity contribution in [3.05, 3.63) is 94.4 Å². The number of hydrogen-bond acceptors (Lipinski definition) is 7. The Bertz CT molecular complexity index is 1820. The van der Waals surface area contributed by atoms with E-state index in [0.717, 1.165) is 21.3 Å². The van der Waals surface area contributed by atoms with Gasteiger partial charge in [0.15, 0.2) is 10.9 Å². The Hall–Kier alpha value is -4.50. The Morgan fingerprint density at radius 1 is 1.03 bits per heavy atom. The first-order chi connectivity index (χ1) is 18.3. The first-order valence-corrected chi connectivity index (χ1v) is 12.9. The second-order valence-electron chi connectivity index (χ2n) is 9.34. The quantitative estimate of drug-likeness (QED) is 0.189. The van der Waals surface area contributed by atoms with Gasteiger partial charge in [0.2, 0.25) is 0 Å². The SMILES string of the molecule is COc1cccc(C2C(=C(O)c3nc4c(C)cccn4c3C)C(=O)C(=O)N2c2nc3ccc(C)cc3s2)c1. The molecule has 1 aliphatic rings. The number of aryl methyl sites for hydroxylation is 3. The lowest BCUT2D eigenvalue weighted by Crippen LogP contribution is -2.29. The van der Waals surface area contributed by atoms with Crippen LogP contribution >= 0.6 is 11.3 Å². The van der Waals surface area contributed by atoms with Crippen LogP contribution in [0.5, 0.6) is 5.75 Å². The van der Waals surface area contributed by atoms with Crippen molar-refractivity contribution in [1.82, 2.24) is 14.4 Å². The van der Waals surface area contributed by atoms with Crippen molar-refractivity contribution in [2.75, 3.05) is 12.0 Å². The van der Waals surface area contributed by atoms with Crippen molar-refractivity contribution >= 4 is 49.8 Å². The number of hydrogen-bond donors (Lipinski definition) is 1. The summed E-state index contributed by atoms with van der Waals surface area (Å²) in [6.07, 6.45) is 1.85. The zero-order chi connectivity index (χ0) is 26.7. The van der Waals surface area contributed by atoms with Crippen LogP contribution in [0, 0.1) is 20.8 Å². The average molecular weight is 525 g/mol. The van der Waals surface area contributed by atoms with Gasteiger partial charge >= 0.3 is 5.91 Å². The van der Waals surface area contributed by atoms with Crippen LogP contribution in [0.4, 0.5) is 5.13 Å². The van der Waals surface area contributed by atoms with E-state index in [9.17, 15) is 14.7 Å². The summed E-state index contributed by atoms with van der Waals surface area (Å²) in [7, 11) is 1.55. The maximum absolute atomic E-state index is 13.6. The lowest BCUT2D eigenvalue weighted by Gasteiger charge is -2.23. The maximum atomic E-state index is 13.6. The molecule has 0 bridgehead atoms. The molecule has 8 nitrogen and oxygen atoms in total. The highest BCUT2D eigenvalue weighted by Crippen LogP contribution is 2.45. The fraction of sp³-hybridized carbons (Fsp3) is 0.172. The predicted octanol–water partition coefficient (Wildman–Crippen LogP) is 5.50. The second-order valence-corrected chi connectivity index (χ2v) is 10.4. The highest BCUT2D eigenvalue weighted by Gasteiger charge is 2.48. The molecule has 6 rings (SSSR count). The molecule has 1 unspecified atom stereocenters. The van der Waals surface area contributed by atoms with Gasteiger partial charge in [0.25, 0.3) is 5.78 Å². The third-order valence-electron chi connectivity index (χ3n) is 6.90. The molecular formula is C29H24N4O4S. The molecule has 1 amide bonds. The number of anilines is 1. The minimum Gasteiger partial charge on any atom is -0.505 e. The first kappa shape index (κ1) is 23.9. The zero-order valence-electron chi connectivity index (χ0n) is 21.2. The van der Waals surface area contributed by atoms with E-state index in [0.29, 0.717) is 27.8 Å². The topological polar surface area (TPSA) is 97.0 Å². The number of thiazole rings is 1. The number of pyridine rings is 1. The molecule has 9 heteroatoms. The van der Waals surface area contributed by atoms with Gasteiger partial charge in [-0.2, -0.15) is 0 Å². The van der Waals surface area contributed by atoms with Crippen molar-refractivity contribution in [2.24, 2.45) is 0 Å². The van der Waals surface area contributed by atoms with Crippen molar-refractivity contribution in [2.45, 2.75) is 26.8 Å². The molecule has 1 atom stereocenters. The molecule has 4 heterocycles. The Morgan fingerprint density at radius 3 is 2.61 bits per heavy atom. The van der Waals surface area contributed by atoms with Gasteiger partial charge in [-0.05, 0) is 67.8 Å². The normalized spacial score (nSPS) is 17.2. The molecule has 0 radical (unpaired) electrons. The standard InChI is InChI=1S/C29H24N4O4S/c1-15-10-11-20-21(13-15)38-29(30-20)33-24(18-8-5-9-19(14-18)37-4)22(26(35)28(33)36)25(34)23-17(3)32-12-6-7-16(2)27(32)31-23/h5-14,24,34H,1-4H3. The lowest BCUT2D eigenvalue weighted by molar-refractivity contribution is -0.132. The van der Waals surface area contributed by atoms with Crippen LogP contribution in [0.2, 0.25) is 0 Å². The number of amides is 1. The Balaban J connectivity index is 1.61. The smallest absolute Gasteiger partial charge is 0.301 e. The summed E-state index contributed by atoms with van der Waals surface area (Å²) in [5.74, 6) is -1.31.